The molecule has 0 bridgehead atoms. The number of methoxy groups -OCH3 is 1. The van der Waals surface area contributed by atoms with Gasteiger partial charge >= 0.3 is 0 Å². The Morgan fingerprint density at radius 1 is 1.03 bits per heavy atom. The number of ether oxygens (including phenoxy) is 1. The smallest absolute Gasteiger partial charge is 0.221 e. The van der Waals surface area contributed by atoms with E-state index < -0.39 is 6.04 Å². The van der Waals surface area contributed by atoms with E-state index in [1.807, 2.05) is 84.0 Å². The van der Waals surface area contributed by atoms with Gasteiger partial charge in [-0.1, -0.05) is 24.3 Å². The van der Waals surface area contributed by atoms with Crippen LogP contribution in [0.3, 0.4) is 0 Å². The number of hydrogen-bond acceptors (Lipinski definition) is 7. The van der Waals surface area contributed by atoms with Crippen molar-refractivity contribution in [3.63, 3.8) is 0 Å². The van der Waals surface area contributed by atoms with Gasteiger partial charge < -0.3 is 24.4 Å². The zero-order valence-electron chi connectivity index (χ0n) is 20.7. The molecule has 0 radical (unpaired) electrons. The van der Waals surface area contributed by atoms with Crippen molar-refractivity contribution in [2.45, 2.75) is 18.9 Å². The SMILES string of the molecule is COc1ccc(C(NC(=O)CCC(=O)C(C#N)=C2N(C)c3ccccc3N2C)c2nccn2C)cc1. The Morgan fingerprint density at radius 2 is 1.67 bits per heavy atom. The Bertz CT molecular complexity index is 1320. The minimum Gasteiger partial charge on any atom is -0.497 e. The standard InChI is InChI=1S/C27H28N6O3/c1-31-16-15-29-26(31)25(18-9-11-19(36-4)12-10-18)30-24(35)14-13-23(34)20(17-28)27-32(2)21-7-5-6-8-22(21)33(27)3/h5-12,15-16,25H,13-14H2,1-4H3,(H,30,35). The van der Waals surface area contributed by atoms with E-state index in [1.165, 1.54) is 0 Å². The molecule has 1 amide bonds. The number of hydrogen-bond donors (Lipinski definition) is 1. The average Bonchev–Trinajstić information content (AvgIpc) is 3.43. The van der Waals surface area contributed by atoms with Gasteiger partial charge in [0.25, 0.3) is 0 Å². The number of amides is 1. The van der Waals surface area contributed by atoms with Crippen molar-refractivity contribution in [1.82, 2.24) is 14.9 Å². The van der Waals surface area contributed by atoms with Crippen molar-refractivity contribution in [2.24, 2.45) is 7.05 Å². The molecule has 3 aromatic rings. The zero-order chi connectivity index (χ0) is 25.8. The Hall–Kier alpha value is -4.58. The van der Waals surface area contributed by atoms with Gasteiger partial charge in [0.05, 0.1) is 18.5 Å². The fourth-order valence-electron chi connectivity index (χ4n) is 4.39. The number of imidazole rings is 1. The fourth-order valence-corrected chi connectivity index (χ4v) is 4.39. The minimum atomic E-state index is -0.506. The second-order valence-electron chi connectivity index (χ2n) is 8.51. The molecule has 0 saturated carbocycles. The van der Waals surface area contributed by atoms with Gasteiger partial charge in [-0.05, 0) is 29.8 Å². The molecule has 1 aliphatic heterocycles. The maximum atomic E-state index is 13.1. The maximum Gasteiger partial charge on any atom is 0.221 e. The normalized spacial score (nSPS) is 13.1. The molecule has 1 aliphatic rings. The highest BCUT2D eigenvalue weighted by atomic mass is 16.5. The number of benzene rings is 2. The first-order chi connectivity index (χ1) is 17.3. The monoisotopic (exact) mass is 484 g/mol. The quantitative estimate of drug-likeness (QED) is 0.386. The number of allylic oxidation sites excluding steroid dienone is 1. The molecule has 0 spiro atoms. The zero-order valence-corrected chi connectivity index (χ0v) is 20.7. The van der Waals surface area contributed by atoms with Crippen molar-refractivity contribution in [3.8, 4) is 11.8 Å². The molecule has 2 heterocycles. The number of nitrogens with zero attached hydrogens (tertiary/aromatic N) is 5. The summed E-state index contributed by atoms with van der Waals surface area (Å²) in [5.74, 6) is 1.17. The molecule has 0 aliphatic carbocycles. The summed E-state index contributed by atoms with van der Waals surface area (Å²) in [6, 6.07) is 16.6. The number of Topliss-reactive ketones (excluding diaryl/α,β-unsaturated/α-hetero) is 1. The predicted molar refractivity (Wildman–Crippen MR) is 136 cm³/mol. The lowest BCUT2D eigenvalue weighted by Crippen LogP contribution is -2.31. The number of aryl methyl sites for hydroxylation is 1. The van der Waals surface area contributed by atoms with Crippen LogP contribution in [0.25, 0.3) is 0 Å². The molecule has 1 unspecified atom stereocenters. The van der Waals surface area contributed by atoms with Crippen LogP contribution in [0.1, 0.15) is 30.3 Å². The van der Waals surface area contributed by atoms with Crippen LogP contribution in [0.2, 0.25) is 0 Å². The first kappa shape index (κ1) is 24.5. The molecule has 1 aromatic heterocycles. The van der Waals surface area contributed by atoms with E-state index in [0.29, 0.717) is 17.4 Å². The van der Waals surface area contributed by atoms with Crippen molar-refractivity contribution < 1.29 is 14.3 Å². The molecule has 0 saturated heterocycles. The second-order valence-corrected chi connectivity index (χ2v) is 8.51. The Kier molecular flexibility index (Phi) is 7.06. The third-order valence-electron chi connectivity index (χ3n) is 6.30. The second kappa shape index (κ2) is 10.4. The van der Waals surface area contributed by atoms with E-state index in [-0.39, 0.29) is 30.1 Å². The van der Waals surface area contributed by atoms with Crippen LogP contribution >= 0.6 is 0 Å². The van der Waals surface area contributed by atoms with Crippen LogP contribution in [0, 0.1) is 11.3 Å². The van der Waals surface area contributed by atoms with Gasteiger partial charge in [-0.3, -0.25) is 9.59 Å². The van der Waals surface area contributed by atoms with Crippen molar-refractivity contribution in [2.75, 3.05) is 31.0 Å². The number of carbonyl (C=O) groups is 2. The van der Waals surface area contributed by atoms with Crippen LogP contribution in [0.15, 0.2) is 72.3 Å². The predicted octanol–water partition coefficient (Wildman–Crippen LogP) is 3.30. The first-order valence-electron chi connectivity index (χ1n) is 11.5. The molecule has 1 atom stereocenters. The number of carbonyl (C=O) groups excluding carboxylic acids is 2. The average molecular weight is 485 g/mol. The Morgan fingerprint density at radius 3 is 2.19 bits per heavy atom. The van der Waals surface area contributed by atoms with Crippen LogP contribution in [-0.2, 0) is 16.6 Å². The van der Waals surface area contributed by atoms with Crippen LogP contribution < -0.4 is 19.9 Å². The highest BCUT2D eigenvalue weighted by Gasteiger charge is 2.31. The van der Waals surface area contributed by atoms with E-state index in [9.17, 15) is 14.9 Å². The Balaban J connectivity index is 1.50. The molecule has 2 aromatic carbocycles. The van der Waals surface area contributed by atoms with Crippen molar-refractivity contribution in [3.05, 3.63) is 83.7 Å². The molecule has 36 heavy (non-hydrogen) atoms. The number of nitriles is 1. The van der Waals surface area contributed by atoms with E-state index in [2.05, 4.69) is 16.4 Å². The molecule has 9 nitrogen and oxygen atoms in total. The number of ketones is 1. The largest absolute Gasteiger partial charge is 0.497 e. The number of fused-ring (bicyclic) bond motifs is 1. The molecule has 4 rings (SSSR count). The molecule has 184 valence electrons. The van der Waals surface area contributed by atoms with Gasteiger partial charge in [0.15, 0.2) is 5.78 Å². The summed E-state index contributed by atoms with van der Waals surface area (Å²) in [7, 11) is 7.09. The van der Waals surface area contributed by atoms with Gasteiger partial charge in [-0.25, -0.2) is 4.98 Å². The van der Waals surface area contributed by atoms with Crippen LogP contribution in [0.5, 0.6) is 5.75 Å². The minimum absolute atomic E-state index is 0.0276. The molecular formula is C27H28N6O3. The number of nitrogens with one attached hydrogen (secondary N) is 1. The van der Waals surface area contributed by atoms with Gasteiger partial charge in [-0.2, -0.15) is 5.26 Å². The lowest BCUT2D eigenvalue weighted by molar-refractivity contribution is -0.124. The number of para-hydroxylation sites is 2. The maximum absolute atomic E-state index is 13.1. The highest BCUT2D eigenvalue weighted by Crippen LogP contribution is 2.40. The topological polar surface area (TPSA) is 103 Å². The van der Waals surface area contributed by atoms with Gasteiger partial charge in [0, 0.05) is 46.4 Å². The highest BCUT2D eigenvalue weighted by molar-refractivity contribution is 6.03. The van der Waals surface area contributed by atoms with Crippen LogP contribution in [-0.4, -0.2) is 42.4 Å². The summed E-state index contributed by atoms with van der Waals surface area (Å²) in [6.07, 6.45) is 3.32. The summed E-state index contributed by atoms with van der Waals surface area (Å²) in [5.41, 5.74) is 2.67. The molecule has 0 fully saturated rings. The number of anilines is 2. The molecule has 9 heteroatoms. The third kappa shape index (κ3) is 4.66. The van der Waals surface area contributed by atoms with Crippen molar-refractivity contribution >= 4 is 23.1 Å². The molecule has 1 N–H and O–H groups in total. The van der Waals surface area contributed by atoms with Gasteiger partial charge in [0.2, 0.25) is 5.91 Å². The van der Waals surface area contributed by atoms with E-state index in [0.717, 1.165) is 16.9 Å². The summed E-state index contributed by atoms with van der Waals surface area (Å²) < 4.78 is 7.07. The van der Waals surface area contributed by atoms with Gasteiger partial charge in [0.1, 0.15) is 35.1 Å². The van der Waals surface area contributed by atoms with E-state index >= 15 is 0 Å². The summed E-state index contributed by atoms with van der Waals surface area (Å²) in [4.78, 5) is 34.1. The Labute approximate surface area is 210 Å². The van der Waals surface area contributed by atoms with Crippen LogP contribution in [0.4, 0.5) is 11.4 Å². The fraction of sp³-hybridized carbons (Fsp3) is 0.259. The summed E-state index contributed by atoms with van der Waals surface area (Å²) in [5, 5.41) is 12.8. The van der Waals surface area contributed by atoms with Crippen molar-refractivity contribution in [1.29, 1.82) is 5.26 Å². The molecular weight excluding hydrogens is 456 g/mol. The lowest BCUT2D eigenvalue weighted by Gasteiger charge is -2.20. The summed E-state index contributed by atoms with van der Waals surface area (Å²) >= 11 is 0. The summed E-state index contributed by atoms with van der Waals surface area (Å²) in [6.45, 7) is 0. The third-order valence-corrected chi connectivity index (χ3v) is 6.30. The number of aromatic nitrogens is 2. The first-order valence-corrected chi connectivity index (χ1v) is 11.5. The van der Waals surface area contributed by atoms with E-state index in [4.69, 9.17) is 4.74 Å². The van der Waals surface area contributed by atoms with E-state index in [1.54, 1.807) is 19.5 Å². The lowest BCUT2D eigenvalue weighted by atomic mass is 10.0. The number of rotatable bonds is 8. The van der Waals surface area contributed by atoms with Gasteiger partial charge in [-0.15, -0.1) is 0 Å².